The van der Waals surface area contributed by atoms with Crippen molar-refractivity contribution >= 4 is 28.8 Å². The molecular weight excluding hydrogens is 711 g/mol. The molecule has 0 saturated heterocycles. The first-order chi connectivity index (χ1) is 26.8. The molecule has 0 N–H and O–H groups in total. The van der Waals surface area contributed by atoms with Crippen molar-refractivity contribution in [3.63, 3.8) is 0 Å². The molecule has 2 aliphatic heterocycles. The van der Waals surface area contributed by atoms with E-state index in [4.69, 9.17) is 14.2 Å². The highest BCUT2D eigenvalue weighted by atomic mass is 32.2. The number of methoxy groups -OCH3 is 3. The molecule has 0 saturated carbocycles. The van der Waals surface area contributed by atoms with Gasteiger partial charge in [0.1, 0.15) is 12.8 Å². The summed E-state index contributed by atoms with van der Waals surface area (Å²) in [5, 5.41) is 0.322. The maximum Gasteiger partial charge on any atom is 0.210 e. The summed E-state index contributed by atoms with van der Waals surface area (Å²) in [5.74, 6) is 1.35. The van der Waals surface area contributed by atoms with E-state index in [9.17, 15) is 0 Å². The van der Waals surface area contributed by atoms with Crippen molar-refractivity contribution in [2.45, 2.75) is 90.2 Å². The molecule has 3 aliphatic rings. The average molecular weight is 776 g/mol. The normalized spacial score (nSPS) is 19.3. The molecule has 1 unspecified atom stereocenters. The minimum absolute atomic E-state index is 0.113. The van der Waals surface area contributed by atoms with E-state index in [1.165, 1.54) is 61.1 Å². The third kappa shape index (κ3) is 8.51. The monoisotopic (exact) mass is 775 g/mol. The molecule has 1 atom stereocenters. The van der Waals surface area contributed by atoms with Crippen LogP contribution in [-0.2, 0) is 27.4 Å². The standard InChI is InChI=1S/C49H65N3O3S/c1-34(2)46(38-24-28-50(8)29-25-38)56-47-36(17-22-44-48(4,5)40-32-35(3)14-20-42(40)51(44)26-12-30-53-9)15-16-37(47)18-23-45-49(6,7)41-33-39(55-11)19-21-43(41)52(45)27-13-31-54-10/h14,17-25,28-29,32-34,46H,12-13,15-16,26-27,30-31H2,1-11H3/q+2. The Kier molecular flexibility index (Phi) is 13.2. The summed E-state index contributed by atoms with van der Waals surface area (Å²) < 4.78 is 21.3. The number of allylic oxidation sites excluding steroid dienone is 7. The van der Waals surface area contributed by atoms with Gasteiger partial charge in [0.05, 0.1) is 19.1 Å². The second kappa shape index (κ2) is 17.7. The van der Waals surface area contributed by atoms with Gasteiger partial charge in [0.15, 0.2) is 24.7 Å². The van der Waals surface area contributed by atoms with Crippen molar-refractivity contribution < 1.29 is 23.4 Å². The highest BCUT2D eigenvalue weighted by Crippen LogP contribution is 2.51. The van der Waals surface area contributed by atoms with Crippen LogP contribution in [0.2, 0.25) is 0 Å². The van der Waals surface area contributed by atoms with E-state index in [0.717, 1.165) is 57.7 Å². The molecule has 0 bridgehead atoms. The first-order valence-electron chi connectivity index (χ1n) is 20.5. The lowest BCUT2D eigenvalue weighted by molar-refractivity contribution is -0.671. The number of anilines is 1. The Balaban J connectivity index is 1.45. The lowest BCUT2D eigenvalue weighted by atomic mass is 9.81. The van der Waals surface area contributed by atoms with E-state index in [-0.39, 0.29) is 10.8 Å². The fourth-order valence-corrected chi connectivity index (χ4v) is 10.2. The first-order valence-corrected chi connectivity index (χ1v) is 21.3. The number of nitrogens with zero attached hydrogens (tertiary/aromatic N) is 3. The summed E-state index contributed by atoms with van der Waals surface area (Å²) in [6, 6.07) is 18.1. The minimum atomic E-state index is -0.184. The van der Waals surface area contributed by atoms with Crippen molar-refractivity contribution in [3.8, 4) is 5.75 Å². The summed E-state index contributed by atoms with van der Waals surface area (Å²) in [5.41, 5.74) is 13.2. The quantitative estimate of drug-likeness (QED) is 0.107. The number of thioether (sulfide) groups is 1. The number of benzene rings is 2. The van der Waals surface area contributed by atoms with Crippen LogP contribution in [0.3, 0.4) is 0 Å². The summed E-state index contributed by atoms with van der Waals surface area (Å²) in [7, 11) is 7.43. The van der Waals surface area contributed by atoms with E-state index >= 15 is 0 Å². The van der Waals surface area contributed by atoms with Crippen LogP contribution in [-0.4, -0.2) is 57.9 Å². The maximum absolute atomic E-state index is 5.70. The fourth-order valence-electron chi connectivity index (χ4n) is 8.74. The van der Waals surface area contributed by atoms with Crippen molar-refractivity contribution in [2.24, 2.45) is 13.0 Å². The van der Waals surface area contributed by atoms with Gasteiger partial charge in [-0.15, -0.1) is 11.8 Å². The van der Waals surface area contributed by atoms with Gasteiger partial charge in [-0.25, -0.2) is 4.57 Å². The highest BCUT2D eigenvalue weighted by molar-refractivity contribution is 8.03. The number of rotatable bonds is 16. The highest BCUT2D eigenvalue weighted by Gasteiger charge is 2.45. The van der Waals surface area contributed by atoms with Crippen LogP contribution in [0, 0.1) is 12.8 Å². The number of hydrogen-bond acceptors (Lipinski definition) is 5. The third-order valence-electron chi connectivity index (χ3n) is 11.9. The molecule has 6 rings (SSSR count). The summed E-state index contributed by atoms with van der Waals surface area (Å²) >= 11 is 2.05. The van der Waals surface area contributed by atoms with Gasteiger partial charge < -0.3 is 19.1 Å². The second-order valence-electron chi connectivity index (χ2n) is 17.0. The molecule has 7 heteroatoms. The van der Waals surface area contributed by atoms with Gasteiger partial charge in [0.2, 0.25) is 5.69 Å². The van der Waals surface area contributed by atoms with Crippen LogP contribution in [0.4, 0.5) is 11.4 Å². The number of hydrogen-bond donors (Lipinski definition) is 0. The molecule has 0 fully saturated rings. The molecule has 1 aromatic heterocycles. The number of aryl methyl sites for hydroxylation is 2. The minimum Gasteiger partial charge on any atom is -0.497 e. The molecular formula is C49H65N3O3S+2. The first kappa shape index (κ1) is 41.7. The van der Waals surface area contributed by atoms with Gasteiger partial charge in [-0.1, -0.05) is 57.5 Å². The van der Waals surface area contributed by atoms with Crippen LogP contribution in [0.15, 0.2) is 107 Å². The van der Waals surface area contributed by atoms with Gasteiger partial charge >= 0.3 is 0 Å². The van der Waals surface area contributed by atoms with Crippen LogP contribution < -0.4 is 14.2 Å². The van der Waals surface area contributed by atoms with Crippen molar-refractivity contribution in [1.82, 2.24) is 0 Å². The zero-order valence-corrected chi connectivity index (χ0v) is 36.7. The predicted octanol–water partition coefficient (Wildman–Crippen LogP) is 10.6. The van der Waals surface area contributed by atoms with E-state index in [1.54, 1.807) is 21.3 Å². The van der Waals surface area contributed by atoms with E-state index in [0.29, 0.717) is 11.2 Å². The summed E-state index contributed by atoms with van der Waals surface area (Å²) in [6.07, 6.45) is 18.1. The van der Waals surface area contributed by atoms with Gasteiger partial charge in [-0.05, 0) is 92.5 Å². The molecule has 0 radical (unpaired) electrons. The molecule has 56 heavy (non-hydrogen) atoms. The molecule has 0 spiro atoms. The van der Waals surface area contributed by atoms with E-state index in [2.05, 4.69) is 167 Å². The molecule has 3 aromatic rings. The number of ether oxygens (including phenoxy) is 3. The Morgan fingerprint density at radius 1 is 0.839 bits per heavy atom. The number of fused-ring (bicyclic) bond motifs is 2. The number of aromatic nitrogens is 1. The summed E-state index contributed by atoms with van der Waals surface area (Å²) in [4.78, 5) is 3.96. The van der Waals surface area contributed by atoms with Crippen LogP contribution >= 0.6 is 11.8 Å². The lowest BCUT2D eigenvalue weighted by Crippen LogP contribution is -2.28. The maximum atomic E-state index is 5.70. The van der Waals surface area contributed by atoms with Crippen LogP contribution in [0.25, 0.3) is 0 Å². The smallest absolute Gasteiger partial charge is 0.210 e. The predicted molar refractivity (Wildman–Crippen MR) is 235 cm³/mol. The van der Waals surface area contributed by atoms with E-state index in [1.807, 2.05) is 0 Å². The second-order valence-corrected chi connectivity index (χ2v) is 18.2. The Bertz CT molecular complexity index is 2050. The number of pyridine rings is 1. The zero-order valence-electron chi connectivity index (χ0n) is 35.9. The van der Waals surface area contributed by atoms with Gasteiger partial charge in [0.25, 0.3) is 0 Å². The Morgan fingerprint density at radius 2 is 1.57 bits per heavy atom. The molecule has 1 aliphatic carbocycles. The van der Waals surface area contributed by atoms with Crippen molar-refractivity contribution in [2.75, 3.05) is 52.5 Å². The molecule has 0 amide bonds. The molecule has 298 valence electrons. The van der Waals surface area contributed by atoms with Gasteiger partial charge in [-0.3, -0.25) is 0 Å². The summed E-state index contributed by atoms with van der Waals surface area (Å²) in [6.45, 7) is 19.7. The van der Waals surface area contributed by atoms with Crippen molar-refractivity contribution in [1.29, 1.82) is 0 Å². The Labute approximate surface area is 341 Å². The average Bonchev–Trinajstić information content (AvgIpc) is 3.72. The lowest BCUT2D eigenvalue weighted by Gasteiger charge is -2.27. The molecule has 2 aromatic carbocycles. The molecule has 6 nitrogen and oxygen atoms in total. The Hall–Kier alpha value is -3.91. The molecule has 3 heterocycles. The largest absolute Gasteiger partial charge is 0.497 e. The topological polar surface area (TPSA) is 37.8 Å². The third-order valence-corrected chi connectivity index (χ3v) is 13.8. The fraction of sp³-hybridized carbons (Fsp3) is 0.469. The van der Waals surface area contributed by atoms with Crippen LogP contribution in [0.1, 0.15) is 94.7 Å². The SMILES string of the molecule is COCCCN1/C(=C/C=C2\CCC(/C=C/C3=[N+](CCCOC)c4ccc(OC)cc4C3(C)C)=C2SC(c2cc[n+](C)cc2)C(C)C)C(C)(C)c2cc(C)ccc21. The van der Waals surface area contributed by atoms with Crippen LogP contribution in [0.5, 0.6) is 5.75 Å². The van der Waals surface area contributed by atoms with Gasteiger partial charge in [-0.2, -0.15) is 4.58 Å². The van der Waals surface area contributed by atoms with Gasteiger partial charge in [0, 0.05) is 90.6 Å². The van der Waals surface area contributed by atoms with E-state index < -0.39 is 0 Å². The Morgan fingerprint density at radius 3 is 2.27 bits per heavy atom. The van der Waals surface area contributed by atoms with Crippen molar-refractivity contribution in [3.05, 3.63) is 129 Å². The zero-order chi connectivity index (χ0) is 40.2.